The molecule has 128 valence electrons. The van der Waals surface area contributed by atoms with Crippen molar-refractivity contribution in [1.29, 1.82) is 0 Å². The molecule has 24 heavy (non-hydrogen) atoms. The summed E-state index contributed by atoms with van der Waals surface area (Å²) in [6.45, 7) is 3.65. The molecule has 1 atom stereocenters. The quantitative estimate of drug-likeness (QED) is 0.842. The number of hydrogen-bond donors (Lipinski definition) is 2. The molecule has 0 saturated heterocycles. The Morgan fingerprint density at radius 3 is 2.83 bits per heavy atom. The van der Waals surface area contributed by atoms with E-state index in [1.165, 1.54) is 12.1 Å². The van der Waals surface area contributed by atoms with Crippen LogP contribution in [0, 0.1) is 5.82 Å². The first-order chi connectivity index (χ1) is 11.6. The Bertz CT molecular complexity index is 698. The molecule has 1 aliphatic heterocycles. The van der Waals surface area contributed by atoms with Crippen LogP contribution in [0.4, 0.5) is 4.39 Å². The third-order valence-corrected chi connectivity index (χ3v) is 4.28. The molecule has 2 N–H and O–H groups in total. The number of rotatable bonds is 6. The van der Waals surface area contributed by atoms with Crippen LogP contribution in [0.2, 0.25) is 0 Å². The molecule has 3 rings (SSSR count). The van der Waals surface area contributed by atoms with Crippen LogP contribution in [0.15, 0.2) is 24.3 Å². The first-order valence-electron chi connectivity index (χ1n) is 8.30. The van der Waals surface area contributed by atoms with Crippen LogP contribution < -0.4 is 10.6 Å². The lowest BCUT2D eigenvalue weighted by atomic mass is 10.1. The Morgan fingerprint density at radius 1 is 1.25 bits per heavy atom. The average molecular weight is 331 g/mol. The van der Waals surface area contributed by atoms with Gasteiger partial charge in [-0.1, -0.05) is 12.1 Å². The molecule has 1 amide bonds. The molecule has 2 heterocycles. The second kappa shape index (κ2) is 7.53. The summed E-state index contributed by atoms with van der Waals surface area (Å²) in [6, 6.07) is 5.75. The number of carbonyl (C=O) groups excluding carboxylic acids is 1. The first-order valence-corrected chi connectivity index (χ1v) is 8.30. The molecule has 0 fully saturated rings. The highest BCUT2D eigenvalue weighted by molar-refractivity contribution is 5.81. The number of fused-ring (bicyclic) bond motifs is 1. The maximum absolute atomic E-state index is 12.9. The smallest absolute Gasteiger partial charge is 0.237 e. The zero-order chi connectivity index (χ0) is 16.9. The van der Waals surface area contributed by atoms with Crippen molar-refractivity contribution in [1.82, 2.24) is 25.4 Å². The van der Waals surface area contributed by atoms with Gasteiger partial charge in [0.25, 0.3) is 0 Å². The van der Waals surface area contributed by atoms with E-state index < -0.39 is 0 Å². The lowest BCUT2D eigenvalue weighted by molar-refractivity contribution is -0.122. The SMILES string of the molecule is CC(NCc1nnc2n1CCCC2)C(=O)NCc1ccc(F)cc1. The Morgan fingerprint density at radius 2 is 2.04 bits per heavy atom. The van der Waals surface area contributed by atoms with Gasteiger partial charge >= 0.3 is 0 Å². The predicted octanol–water partition coefficient (Wildman–Crippen LogP) is 1.55. The monoisotopic (exact) mass is 331 g/mol. The van der Waals surface area contributed by atoms with Crippen molar-refractivity contribution in [2.75, 3.05) is 0 Å². The highest BCUT2D eigenvalue weighted by atomic mass is 19.1. The van der Waals surface area contributed by atoms with Gasteiger partial charge in [0.15, 0.2) is 0 Å². The summed E-state index contributed by atoms with van der Waals surface area (Å²) in [5.74, 6) is 1.53. The second-order valence-electron chi connectivity index (χ2n) is 6.09. The summed E-state index contributed by atoms with van der Waals surface area (Å²) < 4.78 is 15.0. The Balaban J connectivity index is 1.47. The summed E-state index contributed by atoms with van der Waals surface area (Å²) in [5.41, 5.74) is 0.864. The van der Waals surface area contributed by atoms with Gasteiger partial charge in [0.2, 0.25) is 5.91 Å². The van der Waals surface area contributed by atoms with E-state index in [1.807, 2.05) is 6.92 Å². The van der Waals surface area contributed by atoms with Crippen molar-refractivity contribution in [3.63, 3.8) is 0 Å². The zero-order valence-electron chi connectivity index (χ0n) is 13.8. The highest BCUT2D eigenvalue weighted by Gasteiger charge is 2.17. The van der Waals surface area contributed by atoms with Crippen LogP contribution >= 0.6 is 0 Å². The lowest BCUT2D eigenvalue weighted by Crippen LogP contribution is -2.42. The minimum absolute atomic E-state index is 0.0993. The molecule has 0 radical (unpaired) electrons. The topological polar surface area (TPSA) is 71.8 Å². The molecule has 0 aliphatic carbocycles. The fourth-order valence-electron chi connectivity index (χ4n) is 2.78. The molecule has 2 aromatic rings. The van der Waals surface area contributed by atoms with E-state index in [1.54, 1.807) is 12.1 Å². The van der Waals surface area contributed by atoms with Gasteiger partial charge in [0, 0.05) is 19.5 Å². The summed E-state index contributed by atoms with van der Waals surface area (Å²) >= 11 is 0. The fraction of sp³-hybridized carbons (Fsp3) is 0.471. The minimum Gasteiger partial charge on any atom is -0.351 e. The second-order valence-corrected chi connectivity index (χ2v) is 6.09. The highest BCUT2D eigenvalue weighted by Crippen LogP contribution is 2.14. The van der Waals surface area contributed by atoms with Crippen molar-refractivity contribution < 1.29 is 9.18 Å². The summed E-state index contributed by atoms with van der Waals surface area (Å²) in [7, 11) is 0. The minimum atomic E-state index is -0.345. The predicted molar refractivity (Wildman–Crippen MR) is 87.5 cm³/mol. The summed E-state index contributed by atoms with van der Waals surface area (Å²) in [4.78, 5) is 12.1. The maximum Gasteiger partial charge on any atom is 0.237 e. The van der Waals surface area contributed by atoms with E-state index in [2.05, 4.69) is 25.4 Å². The Labute approximate surface area is 140 Å². The summed E-state index contributed by atoms with van der Waals surface area (Å²) in [5, 5.41) is 14.4. The van der Waals surface area contributed by atoms with Gasteiger partial charge < -0.3 is 9.88 Å². The number of nitrogens with zero attached hydrogens (tertiary/aromatic N) is 3. The third-order valence-electron chi connectivity index (χ3n) is 4.28. The molecule has 1 aliphatic rings. The van der Waals surface area contributed by atoms with Crippen LogP contribution in [0.3, 0.4) is 0 Å². The largest absolute Gasteiger partial charge is 0.351 e. The van der Waals surface area contributed by atoms with Crippen molar-refractivity contribution in [3.8, 4) is 0 Å². The van der Waals surface area contributed by atoms with Crippen molar-refractivity contribution in [2.24, 2.45) is 0 Å². The van der Waals surface area contributed by atoms with Gasteiger partial charge in [-0.3, -0.25) is 10.1 Å². The fourth-order valence-corrected chi connectivity index (χ4v) is 2.78. The van der Waals surface area contributed by atoms with E-state index in [-0.39, 0.29) is 17.8 Å². The number of aryl methyl sites for hydroxylation is 1. The molecule has 1 aromatic heterocycles. The molecule has 6 nitrogen and oxygen atoms in total. The number of hydrogen-bond acceptors (Lipinski definition) is 4. The number of halogens is 1. The number of carbonyl (C=O) groups is 1. The van der Waals surface area contributed by atoms with Gasteiger partial charge in [-0.25, -0.2) is 4.39 Å². The molecule has 7 heteroatoms. The first kappa shape index (κ1) is 16.6. The van der Waals surface area contributed by atoms with E-state index in [4.69, 9.17) is 0 Å². The molecule has 0 spiro atoms. The lowest BCUT2D eigenvalue weighted by Gasteiger charge is -2.17. The van der Waals surface area contributed by atoms with E-state index in [0.717, 1.165) is 43.0 Å². The molecule has 1 unspecified atom stereocenters. The van der Waals surface area contributed by atoms with Crippen LogP contribution in [0.25, 0.3) is 0 Å². The molecular formula is C17H22FN5O. The maximum atomic E-state index is 12.9. The average Bonchev–Trinajstić information content (AvgIpc) is 3.02. The molecule has 1 aromatic carbocycles. The van der Waals surface area contributed by atoms with Crippen molar-refractivity contribution >= 4 is 5.91 Å². The molecular weight excluding hydrogens is 309 g/mol. The van der Waals surface area contributed by atoms with Gasteiger partial charge in [-0.05, 0) is 37.5 Å². The van der Waals surface area contributed by atoms with Crippen molar-refractivity contribution in [3.05, 3.63) is 47.3 Å². The van der Waals surface area contributed by atoms with Gasteiger partial charge in [-0.15, -0.1) is 10.2 Å². The standard InChI is InChI=1S/C17H22FN5O/c1-12(17(24)20-10-13-5-7-14(18)8-6-13)19-11-16-22-21-15-4-2-3-9-23(15)16/h5-8,12,19H,2-4,9-11H2,1H3,(H,20,24). The third kappa shape index (κ3) is 3.97. The zero-order valence-corrected chi connectivity index (χ0v) is 13.8. The van der Waals surface area contributed by atoms with E-state index in [0.29, 0.717) is 13.1 Å². The van der Waals surface area contributed by atoms with Gasteiger partial charge in [0.05, 0.1) is 12.6 Å². The Kier molecular flexibility index (Phi) is 5.20. The van der Waals surface area contributed by atoms with Gasteiger partial charge in [-0.2, -0.15) is 0 Å². The number of benzene rings is 1. The number of amides is 1. The van der Waals surface area contributed by atoms with Crippen LogP contribution in [-0.4, -0.2) is 26.7 Å². The summed E-state index contributed by atoms with van der Waals surface area (Å²) in [6.07, 6.45) is 3.28. The Hall–Kier alpha value is -2.28. The number of nitrogens with one attached hydrogen (secondary N) is 2. The van der Waals surface area contributed by atoms with Gasteiger partial charge in [0.1, 0.15) is 17.5 Å². The molecule has 0 saturated carbocycles. The van der Waals surface area contributed by atoms with Crippen LogP contribution in [0.1, 0.15) is 37.0 Å². The normalized spacial score (nSPS) is 14.9. The van der Waals surface area contributed by atoms with E-state index >= 15 is 0 Å². The van der Waals surface area contributed by atoms with Crippen molar-refractivity contribution in [2.45, 2.75) is 51.9 Å². The van der Waals surface area contributed by atoms with E-state index in [9.17, 15) is 9.18 Å². The van der Waals surface area contributed by atoms with Crippen LogP contribution in [-0.2, 0) is 30.8 Å². The molecule has 0 bridgehead atoms. The van der Waals surface area contributed by atoms with Crippen LogP contribution in [0.5, 0.6) is 0 Å². The number of aromatic nitrogens is 3.